The third-order valence-electron chi connectivity index (χ3n) is 4.42. The van der Waals surface area contributed by atoms with Gasteiger partial charge in [0, 0.05) is 11.6 Å². The first-order valence-electron chi connectivity index (χ1n) is 9.14. The minimum Gasteiger partial charge on any atom is -0.497 e. The number of aryl methyl sites for hydroxylation is 1. The summed E-state index contributed by atoms with van der Waals surface area (Å²) >= 11 is 0.962. The molecule has 0 saturated heterocycles. The molecule has 0 radical (unpaired) electrons. The Kier molecular flexibility index (Phi) is 5.54. The summed E-state index contributed by atoms with van der Waals surface area (Å²) in [6.45, 7) is 1.73. The Labute approximate surface area is 176 Å². The first kappa shape index (κ1) is 19.7. The maximum absolute atomic E-state index is 12.3. The Morgan fingerprint density at radius 3 is 2.37 bits per heavy atom. The second-order valence-corrected chi connectivity index (χ2v) is 7.53. The molecule has 0 atom stereocenters. The SMILES string of the molecule is COc1ccc(OCC(=O)Oc2cc(-c3ccc(C)cc3)c3oc(=O)sc3c2)cc1. The maximum Gasteiger partial charge on any atom is 0.396 e. The van der Waals surface area contributed by atoms with Crippen LogP contribution in [0, 0.1) is 6.92 Å². The first-order valence-corrected chi connectivity index (χ1v) is 9.96. The van der Waals surface area contributed by atoms with Crippen molar-refractivity contribution in [2.45, 2.75) is 6.92 Å². The number of ether oxygens (including phenoxy) is 3. The van der Waals surface area contributed by atoms with E-state index in [1.807, 2.05) is 31.2 Å². The van der Waals surface area contributed by atoms with Crippen LogP contribution in [0.15, 0.2) is 69.9 Å². The van der Waals surface area contributed by atoms with E-state index >= 15 is 0 Å². The van der Waals surface area contributed by atoms with Gasteiger partial charge in [0.25, 0.3) is 0 Å². The number of fused-ring (bicyclic) bond motifs is 1. The molecule has 1 aromatic heterocycles. The summed E-state index contributed by atoms with van der Waals surface area (Å²) in [4.78, 5) is 23.7. The maximum atomic E-state index is 12.3. The molecule has 152 valence electrons. The van der Waals surface area contributed by atoms with E-state index in [0.29, 0.717) is 33.1 Å². The van der Waals surface area contributed by atoms with Gasteiger partial charge in [-0.1, -0.05) is 41.2 Å². The largest absolute Gasteiger partial charge is 0.497 e. The lowest BCUT2D eigenvalue weighted by atomic mass is 10.0. The molecule has 30 heavy (non-hydrogen) atoms. The van der Waals surface area contributed by atoms with E-state index in [1.165, 1.54) is 0 Å². The molecule has 0 spiro atoms. The van der Waals surface area contributed by atoms with Gasteiger partial charge in [-0.15, -0.1) is 0 Å². The van der Waals surface area contributed by atoms with Crippen LogP contribution in [0.1, 0.15) is 5.56 Å². The van der Waals surface area contributed by atoms with Gasteiger partial charge in [0.15, 0.2) is 12.2 Å². The highest BCUT2D eigenvalue weighted by Crippen LogP contribution is 2.34. The number of methoxy groups -OCH3 is 1. The molecule has 0 aliphatic heterocycles. The third kappa shape index (κ3) is 4.36. The van der Waals surface area contributed by atoms with Gasteiger partial charge in [-0.05, 0) is 42.8 Å². The van der Waals surface area contributed by atoms with Crippen molar-refractivity contribution in [1.29, 1.82) is 0 Å². The van der Waals surface area contributed by atoms with Gasteiger partial charge in [-0.2, -0.15) is 0 Å². The van der Waals surface area contributed by atoms with E-state index in [0.717, 1.165) is 22.5 Å². The van der Waals surface area contributed by atoms with Gasteiger partial charge in [0.2, 0.25) is 0 Å². The Morgan fingerprint density at radius 2 is 1.67 bits per heavy atom. The molecule has 0 fully saturated rings. The van der Waals surface area contributed by atoms with Crippen LogP contribution < -0.4 is 19.1 Å². The standard InChI is InChI=1S/C23H18O6S/c1-14-3-5-15(6-4-14)19-11-18(12-20-22(19)29-23(25)30-20)28-21(24)13-27-17-9-7-16(26-2)8-10-17/h3-12H,13H2,1-2H3. The zero-order chi connectivity index (χ0) is 21.1. The minimum absolute atomic E-state index is 0.258. The summed E-state index contributed by atoms with van der Waals surface area (Å²) in [5.41, 5.74) is 3.13. The molecule has 3 aromatic carbocycles. The number of carbonyl (C=O) groups is 1. The van der Waals surface area contributed by atoms with Crippen molar-refractivity contribution >= 4 is 27.6 Å². The molecule has 4 aromatic rings. The summed E-state index contributed by atoms with van der Waals surface area (Å²) in [5, 5.41) is 0. The van der Waals surface area contributed by atoms with Crippen LogP contribution in [0.3, 0.4) is 0 Å². The van der Waals surface area contributed by atoms with E-state index in [2.05, 4.69) is 0 Å². The third-order valence-corrected chi connectivity index (χ3v) is 5.19. The van der Waals surface area contributed by atoms with Crippen molar-refractivity contribution in [2.24, 2.45) is 0 Å². The van der Waals surface area contributed by atoms with Crippen LogP contribution in [0.4, 0.5) is 0 Å². The van der Waals surface area contributed by atoms with Crippen molar-refractivity contribution in [3.63, 3.8) is 0 Å². The van der Waals surface area contributed by atoms with Gasteiger partial charge in [-0.25, -0.2) is 9.59 Å². The molecule has 1 heterocycles. The zero-order valence-electron chi connectivity index (χ0n) is 16.3. The Hall–Kier alpha value is -3.58. The van der Waals surface area contributed by atoms with Gasteiger partial charge < -0.3 is 18.6 Å². The van der Waals surface area contributed by atoms with Crippen LogP contribution in [0.25, 0.3) is 21.4 Å². The lowest BCUT2D eigenvalue weighted by Gasteiger charge is -2.09. The average molecular weight is 422 g/mol. The fourth-order valence-corrected chi connectivity index (χ4v) is 3.66. The predicted molar refractivity (Wildman–Crippen MR) is 115 cm³/mol. The number of esters is 1. The van der Waals surface area contributed by atoms with E-state index in [1.54, 1.807) is 43.5 Å². The second kappa shape index (κ2) is 8.42. The molecule has 0 unspecified atom stereocenters. The van der Waals surface area contributed by atoms with Crippen molar-refractivity contribution in [3.8, 4) is 28.4 Å². The highest BCUT2D eigenvalue weighted by molar-refractivity contribution is 7.16. The summed E-state index contributed by atoms with van der Waals surface area (Å²) in [7, 11) is 1.58. The van der Waals surface area contributed by atoms with Crippen molar-refractivity contribution in [1.82, 2.24) is 0 Å². The van der Waals surface area contributed by atoms with Crippen LogP contribution in [0.2, 0.25) is 0 Å². The molecular formula is C23H18O6S. The lowest BCUT2D eigenvalue weighted by molar-refractivity contribution is -0.136. The molecule has 0 saturated carbocycles. The number of hydrogen-bond donors (Lipinski definition) is 0. The minimum atomic E-state index is -0.559. The fraction of sp³-hybridized carbons (Fsp3) is 0.130. The molecule has 0 N–H and O–H groups in total. The Balaban J connectivity index is 1.55. The van der Waals surface area contributed by atoms with Gasteiger partial charge in [0.05, 0.1) is 11.8 Å². The predicted octanol–water partition coefficient (Wildman–Crippen LogP) is 4.82. The van der Waals surface area contributed by atoms with Crippen molar-refractivity contribution in [2.75, 3.05) is 13.7 Å². The first-order chi connectivity index (χ1) is 14.5. The summed E-state index contributed by atoms with van der Waals surface area (Å²) in [6.07, 6.45) is 0. The highest BCUT2D eigenvalue weighted by Gasteiger charge is 2.15. The summed E-state index contributed by atoms with van der Waals surface area (Å²) in [6, 6.07) is 18.0. The molecule has 0 amide bonds. The van der Waals surface area contributed by atoms with E-state index in [4.69, 9.17) is 18.6 Å². The normalized spacial score (nSPS) is 10.7. The average Bonchev–Trinajstić information content (AvgIpc) is 3.12. The number of hydrogen-bond acceptors (Lipinski definition) is 7. The van der Waals surface area contributed by atoms with E-state index in [9.17, 15) is 9.59 Å². The molecule has 0 aliphatic rings. The molecule has 6 nitrogen and oxygen atoms in total. The molecule has 0 bridgehead atoms. The van der Waals surface area contributed by atoms with Gasteiger partial charge in [0.1, 0.15) is 17.2 Å². The van der Waals surface area contributed by atoms with Gasteiger partial charge in [-0.3, -0.25) is 0 Å². The van der Waals surface area contributed by atoms with Crippen molar-refractivity contribution < 1.29 is 23.4 Å². The quantitative estimate of drug-likeness (QED) is 0.327. The van der Waals surface area contributed by atoms with Crippen molar-refractivity contribution in [3.05, 3.63) is 76.0 Å². The van der Waals surface area contributed by atoms with Crippen LogP contribution >= 0.6 is 11.3 Å². The Bertz CT molecular complexity index is 1240. The Morgan fingerprint density at radius 1 is 0.967 bits per heavy atom. The van der Waals surface area contributed by atoms with E-state index in [-0.39, 0.29) is 6.61 Å². The topological polar surface area (TPSA) is 75.0 Å². The summed E-state index contributed by atoms with van der Waals surface area (Å²) in [5.74, 6) is 0.979. The second-order valence-electron chi connectivity index (χ2n) is 6.56. The molecular weight excluding hydrogens is 404 g/mol. The smallest absolute Gasteiger partial charge is 0.396 e. The number of carbonyl (C=O) groups excluding carboxylic acids is 1. The lowest BCUT2D eigenvalue weighted by Crippen LogP contribution is -2.17. The van der Waals surface area contributed by atoms with Crippen LogP contribution in [-0.4, -0.2) is 19.7 Å². The molecule has 7 heteroatoms. The van der Waals surface area contributed by atoms with E-state index < -0.39 is 10.9 Å². The van der Waals surface area contributed by atoms with Crippen LogP contribution in [0.5, 0.6) is 17.2 Å². The number of rotatable bonds is 6. The monoisotopic (exact) mass is 422 g/mol. The number of benzene rings is 3. The highest BCUT2D eigenvalue weighted by atomic mass is 32.1. The van der Waals surface area contributed by atoms with Crippen LogP contribution in [-0.2, 0) is 4.79 Å². The van der Waals surface area contributed by atoms with Gasteiger partial charge >= 0.3 is 10.9 Å². The zero-order valence-corrected chi connectivity index (χ0v) is 17.2. The molecule has 0 aliphatic carbocycles. The molecule has 4 rings (SSSR count). The summed E-state index contributed by atoms with van der Waals surface area (Å²) < 4.78 is 22.0. The fourth-order valence-electron chi connectivity index (χ4n) is 2.93.